The lowest BCUT2D eigenvalue weighted by Crippen LogP contribution is -2.55. The first-order valence-electron chi connectivity index (χ1n) is 7.58. The van der Waals surface area contributed by atoms with Crippen molar-refractivity contribution < 1.29 is 22.1 Å². The van der Waals surface area contributed by atoms with Gasteiger partial charge in [0, 0.05) is 47.6 Å². The summed E-state index contributed by atoms with van der Waals surface area (Å²) in [6, 6.07) is 1.80. The molecule has 8 heteroatoms. The largest absolute Gasteiger partial charge is 0.500 e. The fraction of sp³-hybridized carbons (Fsp3) is 1.00. The number of hydrogen-bond acceptors (Lipinski definition) is 6. The molecule has 0 aromatic heterocycles. The molecule has 0 bridgehead atoms. The van der Waals surface area contributed by atoms with Crippen LogP contribution < -0.4 is 4.98 Å². The van der Waals surface area contributed by atoms with Crippen LogP contribution in [0.4, 0.5) is 0 Å². The fourth-order valence-electron chi connectivity index (χ4n) is 2.23. The number of nitrogens with one attached hydrogen (secondary N) is 1. The van der Waals surface area contributed by atoms with Crippen molar-refractivity contribution in [2.75, 3.05) is 42.1 Å². The SMILES string of the molecule is CCCC[Si](NCCCC[Si](OC)(OC)OC)(OC)OC. The Bertz CT molecular complexity index is 242. The van der Waals surface area contributed by atoms with Gasteiger partial charge in [-0.15, -0.1) is 0 Å². The van der Waals surface area contributed by atoms with Crippen molar-refractivity contribution in [1.29, 1.82) is 0 Å². The molecule has 1 N–H and O–H groups in total. The third kappa shape index (κ3) is 7.33. The maximum atomic E-state index is 5.64. The van der Waals surface area contributed by atoms with Crippen LogP contribution >= 0.6 is 0 Å². The van der Waals surface area contributed by atoms with Gasteiger partial charge in [-0.1, -0.05) is 19.8 Å². The van der Waals surface area contributed by atoms with Crippen LogP contribution in [0.3, 0.4) is 0 Å². The average molecular weight is 340 g/mol. The van der Waals surface area contributed by atoms with Gasteiger partial charge in [-0.25, -0.2) is 0 Å². The summed E-state index contributed by atoms with van der Waals surface area (Å²) < 4.78 is 27.5. The van der Waals surface area contributed by atoms with Gasteiger partial charge < -0.3 is 22.1 Å². The van der Waals surface area contributed by atoms with E-state index in [1.807, 2.05) is 0 Å². The van der Waals surface area contributed by atoms with E-state index in [-0.39, 0.29) is 0 Å². The molecule has 0 heterocycles. The smallest absolute Gasteiger partial charge is 0.386 e. The molecule has 0 saturated carbocycles. The van der Waals surface area contributed by atoms with Crippen LogP contribution in [-0.4, -0.2) is 59.6 Å². The summed E-state index contributed by atoms with van der Waals surface area (Å²) >= 11 is 0. The molecule has 0 aliphatic carbocycles. The molecule has 0 unspecified atom stereocenters. The molecule has 0 spiro atoms. The molecular weight excluding hydrogens is 306 g/mol. The molecule has 0 aromatic carbocycles. The minimum atomic E-state index is -2.43. The summed E-state index contributed by atoms with van der Waals surface area (Å²) in [6.07, 6.45) is 4.26. The first kappa shape index (κ1) is 21.2. The third-order valence-corrected chi connectivity index (χ3v) is 9.71. The topological polar surface area (TPSA) is 58.2 Å². The first-order valence-corrected chi connectivity index (χ1v) is 11.5. The van der Waals surface area contributed by atoms with Gasteiger partial charge in [0.05, 0.1) is 0 Å². The molecule has 0 aliphatic heterocycles. The van der Waals surface area contributed by atoms with Gasteiger partial charge >= 0.3 is 17.5 Å². The van der Waals surface area contributed by atoms with Crippen molar-refractivity contribution >= 4 is 17.5 Å². The second-order valence-corrected chi connectivity index (χ2v) is 11.2. The molecule has 0 aromatic rings. The maximum absolute atomic E-state index is 5.64. The Morgan fingerprint density at radius 1 is 0.714 bits per heavy atom. The second-order valence-electron chi connectivity index (χ2n) is 4.94. The summed E-state index contributed by atoms with van der Waals surface area (Å²) in [7, 11) is 3.77. The van der Waals surface area contributed by atoms with Gasteiger partial charge in [0.25, 0.3) is 0 Å². The van der Waals surface area contributed by atoms with E-state index < -0.39 is 17.5 Å². The summed E-state index contributed by atoms with van der Waals surface area (Å²) in [4.78, 5) is 3.50. The summed E-state index contributed by atoms with van der Waals surface area (Å²) in [5.41, 5.74) is 0. The zero-order chi connectivity index (χ0) is 16.2. The van der Waals surface area contributed by atoms with E-state index >= 15 is 0 Å². The molecule has 0 fully saturated rings. The van der Waals surface area contributed by atoms with Crippen molar-refractivity contribution in [1.82, 2.24) is 4.98 Å². The zero-order valence-electron chi connectivity index (χ0n) is 14.5. The monoisotopic (exact) mass is 339 g/mol. The van der Waals surface area contributed by atoms with E-state index in [1.165, 1.54) is 0 Å². The molecule has 0 rings (SSSR count). The lowest BCUT2D eigenvalue weighted by atomic mass is 10.3. The lowest BCUT2D eigenvalue weighted by Gasteiger charge is -2.28. The highest BCUT2D eigenvalue weighted by atomic mass is 28.4. The van der Waals surface area contributed by atoms with Crippen molar-refractivity contribution in [3.63, 3.8) is 0 Å². The van der Waals surface area contributed by atoms with Crippen LogP contribution in [0.5, 0.6) is 0 Å². The Balaban J connectivity index is 4.10. The van der Waals surface area contributed by atoms with E-state index in [0.717, 1.165) is 44.3 Å². The molecule has 0 atom stereocenters. The molecular formula is C13H33NO5Si2. The summed E-state index contributed by atoms with van der Waals surface area (Å²) in [6.45, 7) is 3.05. The van der Waals surface area contributed by atoms with Crippen LogP contribution in [0.15, 0.2) is 0 Å². The number of unbranched alkanes of at least 4 members (excludes halogenated alkanes) is 2. The highest BCUT2D eigenvalue weighted by Crippen LogP contribution is 2.17. The van der Waals surface area contributed by atoms with Crippen molar-refractivity contribution in [2.45, 2.75) is 44.7 Å². The Morgan fingerprint density at radius 2 is 1.29 bits per heavy atom. The van der Waals surface area contributed by atoms with Crippen LogP contribution in [0, 0.1) is 0 Å². The normalized spacial score (nSPS) is 12.9. The molecule has 21 heavy (non-hydrogen) atoms. The summed E-state index contributed by atoms with van der Waals surface area (Å²) in [5, 5.41) is 0. The molecule has 0 aliphatic rings. The summed E-state index contributed by atoms with van der Waals surface area (Å²) in [5.74, 6) is 0. The minimum Gasteiger partial charge on any atom is -0.386 e. The van der Waals surface area contributed by atoms with E-state index in [0.29, 0.717) is 0 Å². The van der Waals surface area contributed by atoms with Gasteiger partial charge in [0.1, 0.15) is 0 Å². The van der Waals surface area contributed by atoms with Gasteiger partial charge in [0.2, 0.25) is 0 Å². The Labute approximate surface area is 132 Å². The molecule has 0 amide bonds. The highest BCUT2D eigenvalue weighted by Gasteiger charge is 2.37. The van der Waals surface area contributed by atoms with Crippen LogP contribution in [0.2, 0.25) is 12.1 Å². The van der Waals surface area contributed by atoms with E-state index in [1.54, 1.807) is 35.5 Å². The van der Waals surface area contributed by atoms with E-state index in [4.69, 9.17) is 22.1 Å². The van der Waals surface area contributed by atoms with Gasteiger partial charge in [-0.2, -0.15) is 0 Å². The average Bonchev–Trinajstić information content (AvgIpc) is 2.55. The first-order chi connectivity index (χ1) is 10.1. The van der Waals surface area contributed by atoms with Gasteiger partial charge in [-0.05, 0) is 19.4 Å². The maximum Gasteiger partial charge on any atom is 0.500 e. The predicted octanol–water partition coefficient (Wildman–Crippen LogP) is 2.27. The fourth-order valence-corrected chi connectivity index (χ4v) is 6.44. The Morgan fingerprint density at radius 3 is 1.71 bits per heavy atom. The van der Waals surface area contributed by atoms with Crippen molar-refractivity contribution in [3.8, 4) is 0 Å². The predicted molar refractivity (Wildman–Crippen MR) is 88.3 cm³/mol. The number of rotatable bonds is 14. The van der Waals surface area contributed by atoms with Crippen molar-refractivity contribution in [3.05, 3.63) is 0 Å². The minimum absolute atomic E-state index is 0.821. The Hall–Kier alpha value is 0.194. The third-order valence-electron chi connectivity index (χ3n) is 3.76. The standard InChI is InChI=1S/C13H33NO5Si2/c1-7-8-12-20(15-2,16-3)14-11-9-10-13-21(17-4,18-5)19-6/h14H,7-13H2,1-6H3. The molecule has 0 saturated heterocycles. The molecule has 0 radical (unpaired) electrons. The molecule has 6 nitrogen and oxygen atoms in total. The van der Waals surface area contributed by atoms with Gasteiger partial charge in [0.15, 0.2) is 0 Å². The number of hydrogen-bond donors (Lipinski definition) is 1. The van der Waals surface area contributed by atoms with E-state index in [9.17, 15) is 0 Å². The van der Waals surface area contributed by atoms with Crippen LogP contribution in [-0.2, 0) is 22.1 Å². The van der Waals surface area contributed by atoms with Gasteiger partial charge in [-0.3, -0.25) is 4.98 Å². The van der Waals surface area contributed by atoms with Crippen LogP contribution in [0.1, 0.15) is 32.6 Å². The zero-order valence-corrected chi connectivity index (χ0v) is 16.5. The van der Waals surface area contributed by atoms with Crippen molar-refractivity contribution in [2.24, 2.45) is 0 Å². The van der Waals surface area contributed by atoms with E-state index in [2.05, 4.69) is 11.9 Å². The quantitative estimate of drug-likeness (QED) is 0.387. The van der Waals surface area contributed by atoms with Crippen LogP contribution in [0.25, 0.3) is 0 Å². The lowest BCUT2D eigenvalue weighted by molar-refractivity contribution is 0.123. The second kappa shape index (κ2) is 11.7. The molecule has 128 valence electrons. The highest BCUT2D eigenvalue weighted by molar-refractivity contribution is 6.64. The Kier molecular flexibility index (Phi) is 11.8.